The highest BCUT2D eigenvalue weighted by atomic mass is 16.5. The minimum atomic E-state index is -0.443. The van der Waals surface area contributed by atoms with E-state index in [1.807, 2.05) is 0 Å². The van der Waals surface area contributed by atoms with Gasteiger partial charge in [0.05, 0.1) is 0 Å². The van der Waals surface area contributed by atoms with E-state index in [0.29, 0.717) is 24.7 Å². The third-order valence-electron chi connectivity index (χ3n) is 3.97. The number of H-pyrrole nitrogens is 1. The average molecular weight is 265 g/mol. The van der Waals surface area contributed by atoms with Crippen molar-refractivity contribution in [1.29, 1.82) is 0 Å². The highest BCUT2D eigenvalue weighted by molar-refractivity contribution is 5.10. The minimum Gasteiger partial charge on any atom is -0.370 e. The Bertz CT molecular complexity index is 486. The second-order valence-electron chi connectivity index (χ2n) is 5.52. The van der Waals surface area contributed by atoms with Gasteiger partial charge in [-0.1, -0.05) is 13.3 Å². The molecular weight excluding hydrogens is 242 g/mol. The van der Waals surface area contributed by atoms with E-state index in [4.69, 9.17) is 10.5 Å². The number of ether oxygens (including phenoxy) is 1. The molecule has 2 atom stereocenters. The van der Waals surface area contributed by atoms with Gasteiger partial charge in [0.2, 0.25) is 0 Å². The van der Waals surface area contributed by atoms with Crippen LogP contribution in [0, 0.1) is 5.92 Å². The van der Waals surface area contributed by atoms with E-state index in [1.165, 1.54) is 12.5 Å². The van der Waals surface area contributed by atoms with Crippen molar-refractivity contribution in [1.82, 2.24) is 9.97 Å². The molecule has 0 radical (unpaired) electrons. The molecule has 0 amide bonds. The number of nitrogens with zero attached hydrogens (tertiary/aromatic N) is 1. The molecule has 0 aromatic carbocycles. The van der Waals surface area contributed by atoms with Crippen molar-refractivity contribution < 1.29 is 4.74 Å². The summed E-state index contributed by atoms with van der Waals surface area (Å²) in [7, 11) is 1.70. The molecule has 5 heteroatoms. The Labute approximate surface area is 113 Å². The third-order valence-corrected chi connectivity index (χ3v) is 3.97. The zero-order valence-corrected chi connectivity index (χ0v) is 11.7. The Morgan fingerprint density at radius 2 is 2.42 bits per heavy atom. The molecule has 1 aromatic rings. The van der Waals surface area contributed by atoms with E-state index in [1.54, 1.807) is 7.11 Å². The standard InChI is InChI=1S/C14H23N3O2/c1-10-4-3-6-14(9-10,19-2)13-16-11(5-7-15)8-12(18)17-13/h8,10H,3-7,9,15H2,1-2H3,(H,16,17,18). The van der Waals surface area contributed by atoms with E-state index in [0.717, 1.165) is 25.0 Å². The zero-order valence-electron chi connectivity index (χ0n) is 11.7. The number of aromatic nitrogens is 2. The van der Waals surface area contributed by atoms with Crippen LogP contribution in [0.5, 0.6) is 0 Å². The fourth-order valence-electron chi connectivity index (χ4n) is 3.00. The van der Waals surface area contributed by atoms with Gasteiger partial charge in [0.15, 0.2) is 0 Å². The first-order chi connectivity index (χ1) is 9.09. The van der Waals surface area contributed by atoms with Crippen LogP contribution in [0.1, 0.15) is 44.1 Å². The van der Waals surface area contributed by atoms with Gasteiger partial charge in [0.25, 0.3) is 5.56 Å². The molecule has 19 heavy (non-hydrogen) atoms. The van der Waals surface area contributed by atoms with Crippen LogP contribution in [0.4, 0.5) is 0 Å². The van der Waals surface area contributed by atoms with E-state index in [-0.39, 0.29) is 5.56 Å². The first kappa shape index (κ1) is 14.2. The molecule has 2 unspecified atom stereocenters. The Morgan fingerprint density at radius 1 is 1.63 bits per heavy atom. The molecule has 0 spiro atoms. The summed E-state index contributed by atoms with van der Waals surface area (Å²) in [4.78, 5) is 19.2. The summed E-state index contributed by atoms with van der Waals surface area (Å²) < 4.78 is 5.76. The second kappa shape index (κ2) is 5.84. The summed E-state index contributed by atoms with van der Waals surface area (Å²) >= 11 is 0. The molecule has 1 aliphatic rings. The molecular formula is C14H23N3O2. The maximum absolute atomic E-state index is 11.8. The quantitative estimate of drug-likeness (QED) is 0.860. The van der Waals surface area contributed by atoms with Crippen LogP contribution < -0.4 is 11.3 Å². The monoisotopic (exact) mass is 265 g/mol. The predicted molar refractivity (Wildman–Crippen MR) is 73.9 cm³/mol. The van der Waals surface area contributed by atoms with Gasteiger partial charge in [-0.25, -0.2) is 4.98 Å². The summed E-state index contributed by atoms with van der Waals surface area (Å²) in [6.45, 7) is 2.71. The highest BCUT2D eigenvalue weighted by Gasteiger charge is 2.39. The molecule has 2 rings (SSSR count). The van der Waals surface area contributed by atoms with Gasteiger partial charge in [-0.3, -0.25) is 4.79 Å². The smallest absolute Gasteiger partial charge is 0.251 e. The molecule has 0 aliphatic heterocycles. The molecule has 3 N–H and O–H groups in total. The normalized spacial score (nSPS) is 27.4. The number of hydrogen-bond acceptors (Lipinski definition) is 4. The fourth-order valence-corrected chi connectivity index (χ4v) is 3.00. The van der Waals surface area contributed by atoms with Gasteiger partial charge < -0.3 is 15.5 Å². The molecule has 0 bridgehead atoms. The molecule has 5 nitrogen and oxygen atoms in total. The molecule has 1 aromatic heterocycles. The van der Waals surface area contributed by atoms with Crippen molar-refractivity contribution in [2.24, 2.45) is 11.7 Å². The molecule has 1 aliphatic carbocycles. The molecule has 106 valence electrons. The lowest BCUT2D eigenvalue weighted by molar-refractivity contribution is -0.0649. The maximum atomic E-state index is 11.8. The lowest BCUT2D eigenvalue weighted by atomic mass is 9.78. The largest absolute Gasteiger partial charge is 0.370 e. The number of aromatic amines is 1. The molecule has 1 fully saturated rings. The highest BCUT2D eigenvalue weighted by Crippen LogP contribution is 2.40. The topological polar surface area (TPSA) is 81.0 Å². The van der Waals surface area contributed by atoms with Crippen LogP contribution in [0.25, 0.3) is 0 Å². The molecule has 1 heterocycles. The summed E-state index contributed by atoms with van der Waals surface area (Å²) in [5.41, 5.74) is 5.72. The predicted octanol–water partition coefficient (Wildman–Crippen LogP) is 1.32. The number of nitrogens with two attached hydrogens (primary N) is 1. The lowest BCUT2D eigenvalue weighted by Gasteiger charge is -2.37. The van der Waals surface area contributed by atoms with Crippen molar-refractivity contribution in [2.75, 3.05) is 13.7 Å². The van der Waals surface area contributed by atoms with Crippen LogP contribution in [0.2, 0.25) is 0 Å². The van der Waals surface area contributed by atoms with Gasteiger partial charge in [-0.05, 0) is 31.7 Å². The van der Waals surface area contributed by atoms with Crippen molar-refractivity contribution in [3.05, 3.63) is 27.9 Å². The second-order valence-corrected chi connectivity index (χ2v) is 5.52. The Hall–Kier alpha value is -1.20. The summed E-state index contributed by atoms with van der Waals surface area (Å²) in [5, 5.41) is 0. The number of hydrogen-bond donors (Lipinski definition) is 2. The summed E-state index contributed by atoms with van der Waals surface area (Å²) in [6, 6.07) is 1.52. The van der Waals surface area contributed by atoms with E-state index in [9.17, 15) is 4.79 Å². The number of nitrogens with one attached hydrogen (secondary N) is 1. The Morgan fingerprint density at radius 3 is 3.05 bits per heavy atom. The molecule has 0 saturated heterocycles. The van der Waals surface area contributed by atoms with Crippen molar-refractivity contribution in [3.63, 3.8) is 0 Å². The Kier molecular flexibility index (Phi) is 4.37. The van der Waals surface area contributed by atoms with E-state index < -0.39 is 5.60 Å². The van der Waals surface area contributed by atoms with Gasteiger partial charge in [0, 0.05) is 25.3 Å². The van der Waals surface area contributed by atoms with Gasteiger partial charge >= 0.3 is 0 Å². The maximum Gasteiger partial charge on any atom is 0.251 e. The van der Waals surface area contributed by atoms with Crippen LogP contribution in [-0.4, -0.2) is 23.6 Å². The minimum absolute atomic E-state index is 0.122. The third kappa shape index (κ3) is 3.04. The van der Waals surface area contributed by atoms with Gasteiger partial charge in [-0.15, -0.1) is 0 Å². The Balaban J connectivity index is 2.39. The lowest BCUT2D eigenvalue weighted by Crippen LogP contribution is -2.37. The van der Waals surface area contributed by atoms with Crippen molar-refractivity contribution in [2.45, 2.75) is 44.6 Å². The average Bonchev–Trinajstić information content (AvgIpc) is 2.38. The van der Waals surface area contributed by atoms with E-state index in [2.05, 4.69) is 16.9 Å². The fraction of sp³-hybridized carbons (Fsp3) is 0.714. The first-order valence-corrected chi connectivity index (χ1v) is 6.95. The molecule has 1 saturated carbocycles. The van der Waals surface area contributed by atoms with Gasteiger partial charge in [-0.2, -0.15) is 0 Å². The van der Waals surface area contributed by atoms with Crippen molar-refractivity contribution >= 4 is 0 Å². The summed E-state index contributed by atoms with van der Waals surface area (Å²) in [5.74, 6) is 1.25. The zero-order chi connectivity index (χ0) is 13.9. The summed E-state index contributed by atoms with van der Waals surface area (Å²) in [6.07, 6.45) is 4.73. The van der Waals surface area contributed by atoms with Crippen LogP contribution >= 0.6 is 0 Å². The number of methoxy groups -OCH3 is 1. The number of rotatable bonds is 4. The van der Waals surface area contributed by atoms with Gasteiger partial charge in [0.1, 0.15) is 11.4 Å². The SMILES string of the molecule is COC1(c2nc(CCN)cc(=O)[nH]2)CCCC(C)C1. The van der Waals surface area contributed by atoms with Crippen molar-refractivity contribution in [3.8, 4) is 0 Å². The van der Waals surface area contributed by atoms with Crippen LogP contribution in [0.3, 0.4) is 0 Å². The first-order valence-electron chi connectivity index (χ1n) is 6.95. The van der Waals surface area contributed by atoms with E-state index >= 15 is 0 Å². The van der Waals surface area contributed by atoms with Crippen LogP contribution in [-0.2, 0) is 16.8 Å². The van der Waals surface area contributed by atoms with Crippen LogP contribution in [0.15, 0.2) is 10.9 Å².